The van der Waals surface area contributed by atoms with Gasteiger partial charge in [0, 0.05) is 28.1 Å². The lowest BCUT2D eigenvalue weighted by Crippen LogP contribution is -2.16. The van der Waals surface area contributed by atoms with Crippen molar-refractivity contribution >= 4 is 46.6 Å². The van der Waals surface area contributed by atoms with Gasteiger partial charge in [0.1, 0.15) is 0 Å². The van der Waals surface area contributed by atoms with Crippen LogP contribution in [0.2, 0.25) is 0 Å². The van der Waals surface area contributed by atoms with Gasteiger partial charge in [0.05, 0.1) is 31.1 Å². The minimum atomic E-state index is -0.631. The molecule has 1 aromatic carbocycles. The van der Waals surface area contributed by atoms with Crippen molar-refractivity contribution in [2.45, 2.75) is 38.4 Å². The summed E-state index contributed by atoms with van der Waals surface area (Å²) in [6, 6.07) is 6.36. The molecule has 3 aromatic rings. The zero-order valence-electron chi connectivity index (χ0n) is 19.6. The number of thioether (sulfide) groups is 1. The number of benzene rings is 1. The van der Waals surface area contributed by atoms with E-state index in [0.29, 0.717) is 17.6 Å². The van der Waals surface area contributed by atoms with Crippen LogP contribution in [0.3, 0.4) is 0 Å². The standard InChI is InChI=1S/C23H26N4O5S2/c1-6-27-20(16-10-18(13(2)3)33-11-16)25-26-23(27)34-12-19(28)24-17-8-14(21(29)31-4)7-15(9-17)22(30)32-5/h7-11,13H,6,12H2,1-5H3,(H,24,28). The molecule has 0 saturated carbocycles. The van der Waals surface area contributed by atoms with Crippen LogP contribution >= 0.6 is 23.1 Å². The maximum absolute atomic E-state index is 12.6. The maximum atomic E-state index is 12.6. The number of amides is 1. The first-order valence-electron chi connectivity index (χ1n) is 10.5. The van der Waals surface area contributed by atoms with E-state index < -0.39 is 11.9 Å². The molecule has 3 rings (SSSR count). The minimum absolute atomic E-state index is 0.0645. The van der Waals surface area contributed by atoms with Gasteiger partial charge in [-0.3, -0.25) is 4.79 Å². The van der Waals surface area contributed by atoms with Crippen LogP contribution in [0.25, 0.3) is 11.4 Å². The first-order valence-corrected chi connectivity index (χ1v) is 12.4. The second-order valence-corrected chi connectivity index (χ2v) is 9.45. The molecule has 0 unspecified atom stereocenters. The van der Waals surface area contributed by atoms with Crippen LogP contribution in [0.1, 0.15) is 52.3 Å². The fourth-order valence-electron chi connectivity index (χ4n) is 3.17. The van der Waals surface area contributed by atoms with Gasteiger partial charge in [0.25, 0.3) is 0 Å². The second-order valence-electron chi connectivity index (χ2n) is 7.56. The summed E-state index contributed by atoms with van der Waals surface area (Å²) in [6.45, 7) is 6.95. The van der Waals surface area contributed by atoms with E-state index in [4.69, 9.17) is 9.47 Å². The predicted molar refractivity (Wildman–Crippen MR) is 132 cm³/mol. The molecule has 0 saturated heterocycles. The smallest absolute Gasteiger partial charge is 0.337 e. The monoisotopic (exact) mass is 502 g/mol. The molecule has 0 spiro atoms. The molecule has 9 nitrogen and oxygen atoms in total. The van der Waals surface area contributed by atoms with Gasteiger partial charge in [-0.25, -0.2) is 9.59 Å². The number of carbonyl (C=O) groups excluding carboxylic acids is 3. The van der Waals surface area contributed by atoms with Crippen molar-refractivity contribution in [1.29, 1.82) is 0 Å². The van der Waals surface area contributed by atoms with Gasteiger partial charge >= 0.3 is 11.9 Å². The van der Waals surface area contributed by atoms with Crippen molar-refractivity contribution in [2.24, 2.45) is 0 Å². The summed E-state index contributed by atoms with van der Waals surface area (Å²) < 4.78 is 11.4. The van der Waals surface area contributed by atoms with Crippen LogP contribution in [0.4, 0.5) is 5.69 Å². The normalized spacial score (nSPS) is 10.9. The third-order valence-electron chi connectivity index (χ3n) is 4.87. The van der Waals surface area contributed by atoms with E-state index in [9.17, 15) is 14.4 Å². The topological polar surface area (TPSA) is 112 Å². The zero-order chi connectivity index (χ0) is 24.8. The van der Waals surface area contributed by atoms with Crippen molar-refractivity contribution < 1.29 is 23.9 Å². The Bertz CT molecular complexity index is 1170. The molecule has 0 aliphatic heterocycles. The van der Waals surface area contributed by atoms with Gasteiger partial charge in [-0.15, -0.1) is 21.5 Å². The first-order chi connectivity index (χ1) is 16.3. The van der Waals surface area contributed by atoms with Crippen LogP contribution < -0.4 is 5.32 Å². The lowest BCUT2D eigenvalue weighted by atomic mass is 10.1. The highest BCUT2D eigenvalue weighted by Gasteiger charge is 2.18. The predicted octanol–water partition coefficient (Wildman–Crippen LogP) is 4.45. The average molecular weight is 503 g/mol. The molecule has 0 bridgehead atoms. The van der Waals surface area contributed by atoms with Crippen LogP contribution in [-0.2, 0) is 20.8 Å². The lowest BCUT2D eigenvalue weighted by Gasteiger charge is -2.10. The summed E-state index contributed by atoms with van der Waals surface area (Å²) >= 11 is 2.95. The number of thiophene rings is 1. The quantitative estimate of drug-likeness (QED) is 0.337. The molecular weight excluding hydrogens is 476 g/mol. The SMILES string of the molecule is CCn1c(SCC(=O)Nc2cc(C(=O)OC)cc(C(=O)OC)c2)nnc1-c1csc(C(C)C)c1. The summed E-state index contributed by atoms with van der Waals surface area (Å²) in [4.78, 5) is 37.8. The first kappa shape index (κ1) is 25.4. The van der Waals surface area contributed by atoms with E-state index in [1.807, 2.05) is 11.5 Å². The van der Waals surface area contributed by atoms with Gasteiger partial charge in [0.15, 0.2) is 11.0 Å². The molecule has 1 amide bonds. The average Bonchev–Trinajstić information content (AvgIpc) is 3.48. The minimum Gasteiger partial charge on any atom is -0.465 e. The molecule has 0 radical (unpaired) electrons. The van der Waals surface area contributed by atoms with Gasteiger partial charge in [0.2, 0.25) is 5.91 Å². The number of nitrogens with zero attached hydrogens (tertiary/aromatic N) is 3. The number of hydrogen-bond donors (Lipinski definition) is 1. The molecule has 0 aliphatic rings. The Kier molecular flexibility index (Phi) is 8.46. The number of hydrogen-bond acceptors (Lipinski definition) is 9. The molecule has 0 fully saturated rings. The van der Waals surface area contributed by atoms with Gasteiger partial charge in [-0.1, -0.05) is 25.6 Å². The highest BCUT2D eigenvalue weighted by molar-refractivity contribution is 7.99. The number of nitrogens with one attached hydrogen (secondary N) is 1. The Labute approximate surface area is 205 Å². The molecule has 11 heteroatoms. The Hall–Kier alpha value is -3.18. The Morgan fingerprint density at radius 1 is 1.06 bits per heavy atom. The number of carbonyl (C=O) groups is 3. The van der Waals surface area contributed by atoms with E-state index in [0.717, 1.165) is 11.4 Å². The number of methoxy groups -OCH3 is 2. The van der Waals surface area contributed by atoms with Crippen molar-refractivity contribution in [3.8, 4) is 11.4 Å². The van der Waals surface area contributed by atoms with Crippen molar-refractivity contribution in [3.63, 3.8) is 0 Å². The maximum Gasteiger partial charge on any atom is 0.337 e. The Balaban J connectivity index is 1.73. The van der Waals surface area contributed by atoms with Crippen molar-refractivity contribution in [1.82, 2.24) is 14.8 Å². The van der Waals surface area contributed by atoms with Gasteiger partial charge in [-0.05, 0) is 37.1 Å². The summed E-state index contributed by atoms with van der Waals surface area (Å²) in [7, 11) is 2.47. The molecular formula is C23H26N4O5S2. The van der Waals surface area contributed by atoms with E-state index >= 15 is 0 Å². The van der Waals surface area contributed by atoms with E-state index in [-0.39, 0.29) is 28.5 Å². The summed E-state index contributed by atoms with van der Waals surface area (Å²) in [5.41, 5.74) is 1.54. The van der Waals surface area contributed by atoms with Gasteiger partial charge < -0.3 is 19.4 Å². The van der Waals surface area contributed by atoms with Crippen molar-refractivity contribution in [3.05, 3.63) is 45.6 Å². The largest absolute Gasteiger partial charge is 0.465 e. The van der Waals surface area contributed by atoms with E-state index in [1.54, 1.807) is 11.3 Å². The zero-order valence-corrected chi connectivity index (χ0v) is 21.2. The molecule has 0 aliphatic carbocycles. The summed E-state index contributed by atoms with van der Waals surface area (Å²) in [5, 5.41) is 14.0. The van der Waals surface area contributed by atoms with Crippen molar-refractivity contribution in [2.75, 3.05) is 25.3 Å². The summed E-state index contributed by atoms with van der Waals surface area (Å²) in [6.07, 6.45) is 0. The fraction of sp³-hybridized carbons (Fsp3) is 0.348. The number of aromatic nitrogens is 3. The Morgan fingerprint density at radius 3 is 2.24 bits per heavy atom. The third kappa shape index (κ3) is 5.84. The highest BCUT2D eigenvalue weighted by atomic mass is 32.2. The lowest BCUT2D eigenvalue weighted by molar-refractivity contribution is -0.113. The van der Waals surface area contributed by atoms with Crippen LogP contribution in [0.15, 0.2) is 34.8 Å². The van der Waals surface area contributed by atoms with Crippen LogP contribution in [0.5, 0.6) is 0 Å². The number of rotatable bonds is 9. The molecule has 2 aromatic heterocycles. The molecule has 0 atom stereocenters. The number of anilines is 1. The molecule has 2 heterocycles. The highest BCUT2D eigenvalue weighted by Crippen LogP contribution is 2.31. The molecule has 180 valence electrons. The van der Waals surface area contributed by atoms with E-state index in [1.165, 1.54) is 49.1 Å². The third-order valence-corrected chi connectivity index (χ3v) is 7.07. The second kappa shape index (κ2) is 11.3. The van der Waals surface area contributed by atoms with E-state index in [2.05, 4.69) is 40.8 Å². The van der Waals surface area contributed by atoms with Crippen LogP contribution in [-0.4, -0.2) is 52.6 Å². The van der Waals surface area contributed by atoms with Gasteiger partial charge in [-0.2, -0.15) is 0 Å². The number of esters is 2. The van der Waals surface area contributed by atoms with Crippen LogP contribution in [0, 0.1) is 0 Å². The molecule has 34 heavy (non-hydrogen) atoms. The fourth-order valence-corrected chi connectivity index (χ4v) is 4.87. The number of ether oxygens (including phenoxy) is 2. The summed E-state index contributed by atoms with van der Waals surface area (Å²) in [5.74, 6) is -0.322. The Morgan fingerprint density at radius 2 is 1.71 bits per heavy atom. The molecule has 1 N–H and O–H groups in total.